The summed E-state index contributed by atoms with van der Waals surface area (Å²) in [6.45, 7) is 0.748. The maximum absolute atomic E-state index is 13.4. The molecular weight excluding hydrogens is 233 g/mol. The summed E-state index contributed by atoms with van der Waals surface area (Å²) in [4.78, 5) is 10.7. The number of carbonyl (C=O) groups is 1. The fourth-order valence-electron chi connectivity index (χ4n) is 2.13. The molecule has 0 radical (unpaired) electrons. The van der Waals surface area contributed by atoms with Gasteiger partial charge >= 0.3 is 5.97 Å². The number of rotatable bonds is 5. The van der Waals surface area contributed by atoms with Crippen LogP contribution in [0.3, 0.4) is 0 Å². The van der Waals surface area contributed by atoms with Crippen LogP contribution < -0.4 is 5.32 Å². The van der Waals surface area contributed by atoms with Crippen LogP contribution in [0.15, 0.2) is 29.8 Å². The van der Waals surface area contributed by atoms with Crippen molar-refractivity contribution in [2.75, 3.05) is 11.9 Å². The van der Waals surface area contributed by atoms with E-state index in [2.05, 4.69) is 11.4 Å². The number of halogens is 1. The zero-order valence-corrected chi connectivity index (χ0v) is 10.1. The molecule has 0 saturated heterocycles. The zero-order valence-electron chi connectivity index (χ0n) is 10.1. The van der Waals surface area contributed by atoms with E-state index in [1.54, 1.807) is 6.07 Å². The molecule has 0 aromatic heterocycles. The largest absolute Gasteiger partial charge is 0.478 e. The predicted molar refractivity (Wildman–Crippen MR) is 68.4 cm³/mol. The smallest absolute Gasteiger partial charge is 0.338 e. The van der Waals surface area contributed by atoms with E-state index in [1.165, 1.54) is 24.1 Å². The summed E-state index contributed by atoms with van der Waals surface area (Å²) >= 11 is 0. The number of benzene rings is 1. The number of carboxylic acids is 1. The molecule has 0 bridgehead atoms. The molecule has 0 heterocycles. The molecule has 1 aromatic carbocycles. The molecule has 0 atom stereocenters. The maximum atomic E-state index is 13.4. The topological polar surface area (TPSA) is 49.3 Å². The van der Waals surface area contributed by atoms with Gasteiger partial charge in [0.25, 0.3) is 0 Å². The van der Waals surface area contributed by atoms with Gasteiger partial charge in [-0.25, -0.2) is 9.18 Å². The molecule has 1 aliphatic carbocycles. The highest BCUT2D eigenvalue weighted by Gasteiger charge is 2.10. The van der Waals surface area contributed by atoms with Crippen LogP contribution in [-0.4, -0.2) is 17.6 Å². The van der Waals surface area contributed by atoms with Crippen molar-refractivity contribution in [3.8, 4) is 0 Å². The van der Waals surface area contributed by atoms with Crippen LogP contribution in [0.4, 0.5) is 10.1 Å². The van der Waals surface area contributed by atoms with Gasteiger partial charge in [0.1, 0.15) is 5.82 Å². The molecule has 0 saturated carbocycles. The van der Waals surface area contributed by atoms with Crippen molar-refractivity contribution in [3.05, 3.63) is 41.2 Å². The van der Waals surface area contributed by atoms with E-state index in [-0.39, 0.29) is 5.56 Å². The van der Waals surface area contributed by atoms with Crippen LogP contribution in [0.2, 0.25) is 0 Å². The Kier molecular flexibility index (Phi) is 3.97. The first kappa shape index (κ1) is 12.6. The van der Waals surface area contributed by atoms with Gasteiger partial charge in [-0.1, -0.05) is 11.6 Å². The van der Waals surface area contributed by atoms with Gasteiger partial charge in [0.15, 0.2) is 0 Å². The SMILES string of the molecule is O=C(O)c1ccc(NCCC2=CCCC2)cc1F. The number of hydrogen-bond acceptors (Lipinski definition) is 2. The van der Waals surface area contributed by atoms with Crippen molar-refractivity contribution in [1.29, 1.82) is 0 Å². The van der Waals surface area contributed by atoms with Gasteiger partial charge < -0.3 is 10.4 Å². The Hall–Kier alpha value is -1.84. The fraction of sp³-hybridized carbons (Fsp3) is 0.357. The summed E-state index contributed by atoms with van der Waals surface area (Å²) in [6.07, 6.45) is 6.78. The van der Waals surface area contributed by atoms with E-state index < -0.39 is 11.8 Å². The first-order chi connectivity index (χ1) is 8.66. The summed E-state index contributed by atoms with van der Waals surface area (Å²) in [5, 5.41) is 11.8. The normalized spacial score (nSPS) is 14.4. The highest BCUT2D eigenvalue weighted by molar-refractivity contribution is 5.88. The van der Waals surface area contributed by atoms with E-state index >= 15 is 0 Å². The molecule has 0 aliphatic heterocycles. The van der Waals surface area contributed by atoms with Crippen molar-refractivity contribution >= 4 is 11.7 Å². The Morgan fingerprint density at radius 2 is 2.28 bits per heavy atom. The molecular formula is C14H16FNO2. The van der Waals surface area contributed by atoms with Crippen LogP contribution in [0.25, 0.3) is 0 Å². The number of anilines is 1. The third kappa shape index (κ3) is 3.09. The third-order valence-corrected chi connectivity index (χ3v) is 3.11. The molecule has 3 nitrogen and oxygen atoms in total. The van der Waals surface area contributed by atoms with Gasteiger partial charge in [0, 0.05) is 12.2 Å². The number of nitrogens with one attached hydrogen (secondary N) is 1. The second kappa shape index (κ2) is 5.67. The van der Waals surface area contributed by atoms with Gasteiger partial charge in [-0.15, -0.1) is 0 Å². The lowest BCUT2D eigenvalue weighted by Gasteiger charge is -2.08. The minimum Gasteiger partial charge on any atom is -0.478 e. The summed E-state index contributed by atoms with van der Waals surface area (Å²) in [5.74, 6) is -1.94. The lowest BCUT2D eigenvalue weighted by molar-refractivity contribution is 0.0692. The average molecular weight is 249 g/mol. The second-order valence-corrected chi connectivity index (χ2v) is 4.43. The van der Waals surface area contributed by atoms with Crippen molar-refractivity contribution in [1.82, 2.24) is 0 Å². The van der Waals surface area contributed by atoms with Crippen molar-refractivity contribution in [2.45, 2.75) is 25.7 Å². The average Bonchev–Trinajstić information content (AvgIpc) is 2.81. The van der Waals surface area contributed by atoms with E-state index in [0.717, 1.165) is 25.8 Å². The van der Waals surface area contributed by atoms with Gasteiger partial charge in [-0.2, -0.15) is 0 Å². The Morgan fingerprint density at radius 1 is 1.44 bits per heavy atom. The molecule has 0 amide bonds. The Morgan fingerprint density at radius 3 is 2.89 bits per heavy atom. The summed E-state index contributed by atoms with van der Waals surface area (Å²) in [5.41, 5.74) is 1.78. The van der Waals surface area contributed by atoms with Gasteiger partial charge in [0.05, 0.1) is 5.56 Å². The Balaban J connectivity index is 1.89. The molecule has 4 heteroatoms. The second-order valence-electron chi connectivity index (χ2n) is 4.43. The van der Waals surface area contributed by atoms with E-state index in [1.807, 2.05) is 0 Å². The summed E-state index contributed by atoms with van der Waals surface area (Å²) in [6, 6.07) is 4.11. The van der Waals surface area contributed by atoms with Crippen LogP contribution in [0.1, 0.15) is 36.0 Å². The van der Waals surface area contributed by atoms with Gasteiger partial charge in [-0.3, -0.25) is 0 Å². The predicted octanol–water partition coefficient (Wildman–Crippen LogP) is 3.44. The molecule has 0 spiro atoms. The number of allylic oxidation sites excluding steroid dienone is 1. The van der Waals surface area contributed by atoms with Crippen LogP contribution in [0.5, 0.6) is 0 Å². The first-order valence-corrected chi connectivity index (χ1v) is 6.11. The summed E-state index contributed by atoms with van der Waals surface area (Å²) in [7, 11) is 0. The molecule has 1 aromatic rings. The van der Waals surface area contributed by atoms with Crippen LogP contribution >= 0.6 is 0 Å². The van der Waals surface area contributed by atoms with Crippen LogP contribution in [0, 0.1) is 5.82 Å². The zero-order chi connectivity index (χ0) is 13.0. The molecule has 96 valence electrons. The molecule has 0 fully saturated rings. The summed E-state index contributed by atoms with van der Waals surface area (Å²) < 4.78 is 13.4. The van der Waals surface area contributed by atoms with Gasteiger partial charge in [0.2, 0.25) is 0 Å². The Labute approximate surface area is 105 Å². The van der Waals surface area contributed by atoms with Crippen molar-refractivity contribution < 1.29 is 14.3 Å². The van der Waals surface area contributed by atoms with E-state index in [4.69, 9.17) is 5.11 Å². The number of hydrogen-bond donors (Lipinski definition) is 2. The molecule has 0 unspecified atom stereocenters. The fourth-order valence-corrected chi connectivity index (χ4v) is 2.13. The minimum absolute atomic E-state index is 0.293. The standard InChI is InChI=1S/C14H16FNO2/c15-13-9-11(5-6-12(13)14(17)18)16-8-7-10-3-1-2-4-10/h3,5-6,9,16H,1-2,4,7-8H2,(H,17,18). The maximum Gasteiger partial charge on any atom is 0.338 e. The lowest BCUT2D eigenvalue weighted by Crippen LogP contribution is -2.05. The number of aromatic carboxylic acids is 1. The monoisotopic (exact) mass is 249 g/mol. The molecule has 1 aliphatic rings. The van der Waals surface area contributed by atoms with E-state index in [9.17, 15) is 9.18 Å². The van der Waals surface area contributed by atoms with E-state index in [0.29, 0.717) is 5.69 Å². The lowest BCUT2D eigenvalue weighted by atomic mass is 10.1. The van der Waals surface area contributed by atoms with Crippen molar-refractivity contribution in [3.63, 3.8) is 0 Å². The first-order valence-electron chi connectivity index (χ1n) is 6.11. The van der Waals surface area contributed by atoms with Crippen molar-refractivity contribution in [2.24, 2.45) is 0 Å². The highest BCUT2D eigenvalue weighted by atomic mass is 19.1. The molecule has 18 heavy (non-hydrogen) atoms. The molecule has 2 rings (SSSR count). The van der Waals surface area contributed by atoms with Gasteiger partial charge in [-0.05, 0) is 43.9 Å². The highest BCUT2D eigenvalue weighted by Crippen LogP contribution is 2.21. The molecule has 2 N–H and O–H groups in total. The third-order valence-electron chi connectivity index (χ3n) is 3.11. The van der Waals surface area contributed by atoms with Crippen LogP contribution in [-0.2, 0) is 0 Å². The minimum atomic E-state index is -1.24. The Bertz CT molecular complexity index is 483. The number of carboxylic acid groups (broad SMARTS) is 1. The quantitative estimate of drug-likeness (QED) is 0.786.